The van der Waals surface area contributed by atoms with E-state index >= 15 is 0 Å². The quantitative estimate of drug-likeness (QED) is 0.466. The van der Waals surface area contributed by atoms with E-state index in [1.807, 2.05) is 37.3 Å². The maximum absolute atomic E-state index is 15.0. The number of rotatable bonds is 6. The molecule has 0 unspecified atom stereocenters. The molecule has 0 amide bonds. The number of benzene rings is 2. The second-order valence-electron chi connectivity index (χ2n) is 7.77. The Labute approximate surface area is 192 Å². The van der Waals surface area contributed by atoms with E-state index in [2.05, 4.69) is 15.0 Å². The van der Waals surface area contributed by atoms with Crippen molar-refractivity contribution in [2.45, 2.75) is 20.3 Å². The molecule has 3 aromatic rings. The van der Waals surface area contributed by atoms with Crippen LogP contribution in [0.2, 0.25) is 0 Å². The van der Waals surface area contributed by atoms with Crippen molar-refractivity contribution in [2.75, 3.05) is 6.61 Å². The summed E-state index contributed by atoms with van der Waals surface area (Å²) in [6.45, 7) is 3.68. The third-order valence-electron chi connectivity index (χ3n) is 5.42. The maximum atomic E-state index is 15.0. The SMILES string of the molecule is Cc1cc(OC[C]2=NO[C](=O)[Na]2)c(F)c(C)c1Cc1ccc(O)c(-c2ccccc2)n1. The van der Waals surface area contributed by atoms with Gasteiger partial charge in [0.05, 0.1) is 0 Å². The number of hydrogen-bond acceptors (Lipinski definition) is 6. The topological polar surface area (TPSA) is 81.0 Å². The Bertz CT molecular complexity index is 1180. The van der Waals surface area contributed by atoms with Gasteiger partial charge in [-0.2, -0.15) is 0 Å². The van der Waals surface area contributed by atoms with Gasteiger partial charge in [0.2, 0.25) is 0 Å². The zero-order valence-corrected chi connectivity index (χ0v) is 19.5. The predicted octanol–water partition coefficient (Wildman–Crippen LogP) is 4.35. The summed E-state index contributed by atoms with van der Waals surface area (Å²) < 4.78 is 21.0. The van der Waals surface area contributed by atoms with Gasteiger partial charge in [0, 0.05) is 0 Å². The van der Waals surface area contributed by atoms with Gasteiger partial charge >= 0.3 is 157 Å². The Kier molecular flexibility index (Phi) is 6.36. The first-order valence-electron chi connectivity index (χ1n) is 10.1. The van der Waals surface area contributed by atoms with Crippen molar-refractivity contribution in [2.24, 2.45) is 5.16 Å². The van der Waals surface area contributed by atoms with Crippen LogP contribution < -0.4 is 4.74 Å². The Morgan fingerprint density at radius 3 is 2.65 bits per heavy atom. The summed E-state index contributed by atoms with van der Waals surface area (Å²) in [6.07, 6.45) is 0.416. The molecule has 0 spiro atoms. The van der Waals surface area contributed by atoms with Gasteiger partial charge in [0.15, 0.2) is 0 Å². The van der Waals surface area contributed by atoms with E-state index in [1.165, 1.54) is 0 Å². The van der Waals surface area contributed by atoms with E-state index in [-0.39, 0.29) is 21.3 Å². The number of carbonyl (C=O) groups excluding carboxylic acids is 1. The second kappa shape index (κ2) is 9.18. The minimum absolute atomic E-state index is 0.0734. The van der Waals surface area contributed by atoms with Gasteiger partial charge < -0.3 is 5.11 Å². The molecule has 153 valence electrons. The molecule has 0 aliphatic carbocycles. The molecule has 31 heavy (non-hydrogen) atoms. The van der Waals surface area contributed by atoms with Crippen molar-refractivity contribution in [3.05, 3.63) is 76.7 Å². The number of ether oxygens (including phenoxy) is 1. The molecule has 6 nitrogen and oxygen atoms in total. The van der Waals surface area contributed by atoms with Crippen molar-refractivity contribution >= 4 is 32.5 Å². The summed E-state index contributed by atoms with van der Waals surface area (Å²) in [5.41, 5.74) is 4.19. The number of aromatic nitrogens is 1. The van der Waals surface area contributed by atoms with E-state index < -0.39 is 32.1 Å². The molecule has 2 heterocycles. The van der Waals surface area contributed by atoms with Gasteiger partial charge in [-0.3, -0.25) is 0 Å². The Morgan fingerprint density at radius 1 is 1.16 bits per heavy atom. The van der Waals surface area contributed by atoms with Crippen molar-refractivity contribution in [3.8, 4) is 22.8 Å². The molecular formula is C23H19FN2NaO4. The van der Waals surface area contributed by atoms with E-state index in [9.17, 15) is 14.3 Å². The average Bonchev–Trinajstić information content (AvgIpc) is 3.19. The number of oxime groups is 1. The molecule has 1 N–H and O–H groups in total. The Hall–Kier alpha value is -2.74. The standard InChI is InChI=1S/C23H19FN2O4.Na/c1-15-12-21(29-11-10-25-30-14-27)22(24)16(2)19(15)13-18-8-9-20(28)23(26-18)17-6-4-3-5-7-17;/h3-9,12,28H,11,13H2,1-2H3;. The molecule has 5 radical (unpaired) electrons. The van der Waals surface area contributed by atoms with Gasteiger partial charge in [0.25, 0.3) is 0 Å². The number of aryl methyl sites for hydroxylation is 1. The van der Waals surface area contributed by atoms with E-state index in [0.717, 1.165) is 22.4 Å². The van der Waals surface area contributed by atoms with Crippen LogP contribution in [0.3, 0.4) is 0 Å². The van der Waals surface area contributed by atoms with E-state index in [1.54, 1.807) is 25.1 Å². The first-order chi connectivity index (χ1) is 14.9. The zero-order chi connectivity index (χ0) is 22.0. The number of aromatic hydroxyl groups is 1. The summed E-state index contributed by atoms with van der Waals surface area (Å²) in [5.74, 6) is -0.213. The molecule has 0 atom stereocenters. The van der Waals surface area contributed by atoms with Crippen molar-refractivity contribution < 1.29 is 23.9 Å². The molecule has 1 aromatic heterocycles. The second-order valence-corrected chi connectivity index (χ2v) is 10.2. The van der Waals surface area contributed by atoms with Crippen molar-refractivity contribution in [1.82, 2.24) is 4.98 Å². The third-order valence-corrected chi connectivity index (χ3v) is 7.06. The Balaban J connectivity index is 1.58. The summed E-state index contributed by atoms with van der Waals surface area (Å²) >= 11 is -1.74. The van der Waals surface area contributed by atoms with E-state index in [0.29, 0.717) is 20.6 Å². The molecular weight excluding hydrogens is 410 g/mol. The molecule has 2 aromatic carbocycles. The van der Waals surface area contributed by atoms with Crippen LogP contribution in [-0.2, 0) is 11.3 Å². The number of hydrogen-bond donors (Lipinski definition) is 1. The molecule has 0 fully saturated rings. The number of carbonyl (C=O) groups is 1. The first-order valence-corrected chi connectivity index (χ1v) is 12.1. The Morgan fingerprint density at radius 2 is 1.94 bits per heavy atom. The van der Waals surface area contributed by atoms with Gasteiger partial charge in [-0.25, -0.2) is 0 Å². The summed E-state index contributed by atoms with van der Waals surface area (Å²) in [7, 11) is 0. The molecule has 4 rings (SSSR count). The zero-order valence-electron chi connectivity index (χ0n) is 17.5. The monoisotopic (exact) mass is 429 g/mol. The summed E-state index contributed by atoms with van der Waals surface area (Å²) in [6, 6.07) is 14.4. The molecule has 1 aliphatic heterocycles. The fraction of sp³-hybridized carbons (Fsp3) is 0.174. The van der Waals surface area contributed by atoms with Gasteiger partial charge in [0.1, 0.15) is 0 Å². The normalized spacial score (nSPS) is 13.1. The minimum atomic E-state index is -1.74. The summed E-state index contributed by atoms with van der Waals surface area (Å²) in [4.78, 5) is 20.4. The predicted molar refractivity (Wildman–Crippen MR) is 115 cm³/mol. The average molecular weight is 429 g/mol. The van der Waals surface area contributed by atoms with Crippen LogP contribution in [0, 0.1) is 19.7 Å². The number of nitrogens with zero attached hydrogens (tertiary/aromatic N) is 2. The van der Waals surface area contributed by atoms with Crippen molar-refractivity contribution in [1.29, 1.82) is 0 Å². The van der Waals surface area contributed by atoms with Crippen LogP contribution in [0.15, 0.2) is 53.7 Å². The van der Waals surface area contributed by atoms with Gasteiger partial charge in [-0.15, -0.1) is 0 Å². The number of halogens is 1. The van der Waals surface area contributed by atoms with Crippen LogP contribution in [-0.4, -0.2) is 49.2 Å². The molecule has 0 saturated carbocycles. The molecule has 8 heteroatoms. The summed E-state index contributed by atoms with van der Waals surface area (Å²) in [5, 5.41) is 13.9. The number of pyridine rings is 1. The third kappa shape index (κ3) is 4.79. The molecule has 0 bridgehead atoms. The van der Waals surface area contributed by atoms with Crippen LogP contribution in [0.1, 0.15) is 22.4 Å². The first kappa shape index (κ1) is 21.5. The van der Waals surface area contributed by atoms with Gasteiger partial charge in [-0.05, 0) is 0 Å². The molecule has 0 saturated heterocycles. The molecule has 1 aliphatic rings. The van der Waals surface area contributed by atoms with Crippen molar-refractivity contribution in [3.63, 3.8) is 0 Å². The van der Waals surface area contributed by atoms with Crippen LogP contribution in [0.25, 0.3) is 11.3 Å². The van der Waals surface area contributed by atoms with Crippen LogP contribution in [0.5, 0.6) is 11.5 Å². The van der Waals surface area contributed by atoms with Crippen LogP contribution in [0.4, 0.5) is 9.18 Å². The van der Waals surface area contributed by atoms with Crippen LogP contribution >= 0.6 is 0 Å². The fourth-order valence-corrected chi connectivity index (χ4v) is 4.79. The van der Waals surface area contributed by atoms with E-state index in [4.69, 9.17) is 4.74 Å². The van der Waals surface area contributed by atoms with Gasteiger partial charge in [-0.1, -0.05) is 30.3 Å². The fourth-order valence-electron chi connectivity index (χ4n) is 3.67.